The normalized spacial score (nSPS) is 16.3. The molecule has 104 valence electrons. The first-order valence-corrected chi connectivity index (χ1v) is 7.73. The Kier molecular flexibility index (Phi) is 4.86. The Bertz CT molecular complexity index is 455. The van der Waals surface area contributed by atoms with Crippen LogP contribution in [0.1, 0.15) is 49.4 Å². The van der Waals surface area contributed by atoms with Gasteiger partial charge < -0.3 is 10.0 Å². The predicted molar refractivity (Wildman–Crippen MR) is 81.0 cm³/mol. The molecule has 1 saturated carbocycles. The summed E-state index contributed by atoms with van der Waals surface area (Å²) in [5.41, 5.74) is 1.23. The average molecular weight is 326 g/mol. The van der Waals surface area contributed by atoms with Gasteiger partial charge in [-0.1, -0.05) is 25.3 Å². The molecule has 2 rings (SSSR count). The molecular weight excluding hydrogens is 306 g/mol. The number of carbonyl (C=O) groups is 1. The minimum absolute atomic E-state index is 0.384. The predicted octanol–water partition coefficient (Wildman–Crippen LogP) is 4.31. The number of nitrogens with zero attached hydrogens (tertiary/aromatic N) is 1. The molecule has 0 amide bonds. The number of carboxylic acids is 1. The van der Waals surface area contributed by atoms with Crippen molar-refractivity contribution in [1.29, 1.82) is 0 Å². The first-order valence-electron chi connectivity index (χ1n) is 6.93. The summed E-state index contributed by atoms with van der Waals surface area (Å²) in [7, 11) is 0. The van der Waals surface area contributed by atoms with Crippen molar-refractivity contribution in [3.63, 3.8) is 0 Å². The fraction of sp³-hybridized carbons (Fsp3) is 0.533. The van der Waals surface area contributed by atoms with Crippen LogP contribution in [0.3, 0.4) is 0 Å². The van der Waals surface area contributed by atoms with E-state index in [1.807, 2.05) is 12.1 Å². The van der Waals surface area contributed by atoms with Crippen LogP contribution in [0.5, 0.6) is 0 Å². The largest absolute Gasteiger partial charge is 0.478 e. The van der Waals surface area contributed by atoms with Gasteiger partial charge in [0.15, 0.2) is 0 Å². The smallest absolute Gasteiger partial charge is 0.338 e. The van der Waals surface area contributed by atoms with Crippen molar-refractivity contribution in [2.75, 3.05) is 11.4 Å². The fourth-order valence-electron chi connectivity index (χ4n) is 2.98. The molecule has 0 heterocycles. The maximum absolute atomic E-state index is 11.5. The molecule has 0 atom stereocenters. The van der Waals surface area contributed by atoms with E-state index in [4.69, 9.17) is 0 Å². The molecule has 0 aromatic heterocycles. The van der Waals surface area contributed by atoms with Crippen molar-refractivity contribution in [3.8, 4) is 0 Å². The number of benzene rings is 1. The van der Waals surface area contributed by atoms with Crippen LogP contribution in [0.2, 0.25) is 0 Å². The zero-order valence-electron chi connectivity index (χ0n) is 11.2. The van der Waals surface area contributed by atoms with E-state index in [-0.39, 0.29) is 0 Å². The lowest BCUT2D eigenvalue weighted by molar-refractivity contribution is 0.0696. The van der Waals surface area contributed by atoms with Crippen LogP contribution in [0.4, 0.5) is 5.69 Å². The highest BCUT2D eigenvalue weighted by Gasteiger charge is 2.25. The van der Waals surface area contributed by atoms with Crippen molar-refractivity contribution >= 4 is 27.6 Å². The Morgan fingerprint density at radius 2 is 2.05 bits per heavy atom. The highest BCUT2D eigenvalue weighted by molar-refractivity contribution is 9.10. The van der Waals surface area contributed by atoms with Crippen molar-refractivity contribution in [3.05, 3.63) is 28.2 Å². The van der Waals surface area contributed by atoms with Gasteiger partial charge in [0.2, 0.25) is 0 Å². The third-order valence-electron chi connectivity index (χ3n) is 3.87. The first-order chi connectivity index (χ1) is 9.15. The summed E-state index contributed by atoms with van der Waals surface area (Å²) in [6.45, 7) is 2.95. The Hall–Kier alpha value is -1.03. The quantitative estimate of drug-likeness (QED) is 0.896. The molecule has 1 aromatic carbocycles. The SMILES string of the molecule is CCN(c1cccc(Br)c1C(=O)O)C1CCCCC1. The van der Waals surface area contributed by atoms with Crippen LogP contribution < -0.4 is 4.90 Å². The number of halogens is 1. The number of anilines is 1. The van der Waals surface area contributed by atoms with E-state index < -0.39 is 5.97 Å². The van der Waals surface area contributed by atoms with Gasteiger partial charge in [-0.3, -0.25) is 0 Å². The molecule has 19 heavy (non-hydrogen) atoms. The summed E-state index contributed by atoms with van der Waals surface area (Å²) in [6.07, 6.45) is 6.13. The minimum atomic E-state index is -0.864. The second kappa shape index (κ2) is 6.42. The molecule has 1 fully saturated rings. The minimum Gasteiger partial charge on any atom is -0.478 e. The molecule has 0 bridgehead atoms. The van der Waals surface area contributed by atoms with Gasteiger partial charge in [-0.2, -0.15) is 0 Å². The third kappa shape index (κ3) is 3.11. The Balaban J connectivity index is 2.37. The van der Waals surface area contributed by atoms with E-state index in [9.17, 15) is 9.90 Å². The van der Waals surface area contributed by atoms with E-state index in [1.165, 1.54) is 32.1 Å². The summed E-state index contributed by atoms with van der Waals surface area (Å²) in [5.74, 6) is -0.864. The molecule has 0 unspecified atom stereocenters. The molecule has 0 aliphatic heterocycles. The lowest BCUT2D eigenvalue weighted by Gasteiger charge is -2.36. The lowest BCUT2D eigenvalue weighted by Crippen LogP contribution is -2.37. The van der Waals surface area contributed by atoms with Crippen LogP contribution in [0.25, 0.3) is 0 Å². The van der Waals surface area contributed by atoms with Gasteiger partial charge in [-0.05, 0) is 47.8 Å². The molecule has 0 saturated heterocycles. The van der Waals surface area contributed by atoms with Crippen molar-refractivity contribution in [2.24, 2.45) is 0 Å². The monoisotopic (exact) mass is 325 g/mol. The molecule has 0 radical (unpaired) electrons. The molecule has 3 nitrogen and oxygen atoms in total. The lowest BCUT2D eigenvalue weighted by atomic mass is 9.93. The molecule has 1 aliphatic rings. The zero-order valence-corrected chi connectivity index (χ0v) is 12.8. The van der Waals surface area contributed by atoms with Gasteiger partial charge in [-0.15, -0.1) is 0 Å². The Morgan fingerprint density at radius 3 is 2.63 bits per heavy atom. The Labute approximate surface area is 122 Å². The summed E-state index contributed by atoms with van der Waals surface area (Å²) in [4.78, 5) is 13.7. The van der Waals surface area contributed by atoms with Crippen LogP contribution in [-0.2, 0) is 0 Å². The molecule has 1 N–H and O–H groups in total. The van der Waals surface area contributed by atoms with Gasteiger partial charge in [0, 0.05) is 17.1 Å². The third-order valence-corrected chi connectivity index (χ3v) is 4.53. The second-order valence-corrected chi connectivity index (χ2v) is 5.87. The standard InChI is InChI=1S/C15H20BrNO2/c1-2-17(11-7-4-3-5-8-11)13-10-6-9-12(16)14(13)15(18)19/h6,9-11H,2-5,7-8H2,1H3,(H,18,19). The fourth-order valence-corrected chi connectivity index (χ4v) is 3.51. The van der Waals surface area contributed by atoms with E-state index in [2.05, 4.69) is 27.8 Å². The molecule has 1 aromatic rings. The molecular formula is C15H20BrNO2. The summed E-state index contributed by atoms with van der Waals surface area (Å²) < 4.78 is 0.659. The Morgan fingerprint density at radius 1 is 1.37 bits per heavy atom. The number of hydrogen-bond donors (Lipinski definition) is 1. The number of aromatic carboxylic acids is 1. The van der Waals surface area contributed by atoms with Gasteiger partial charge >= 0.3 is 5.97 Å². The van der Waals surface area contributed by atoms with E-state index in [1.54, 1.807) is 6.07 Å². The van der Waals surface area contributed by atoms with Crippen LogP contribution in [-0.4, -0.2) is 23.7 Å². The van der Waals surface area contributed by atoms with E-state index in [0.29, 0.717) is 16.1 Å². The highest BCUT2D eigenvalue weighted by Crippen LogP contribution is 2.32. The topological polar surface area (TPSA) is 40.5 Å². The van der Waals surface area contributed by atoms with Crippen LogP contribution >= 0.6 is 15.9 Å². The van der Waals surface area contributed by atoms with Gasteiger partial charge in [0.05, 0.1) is 11.3 Å². The number of hydrogen-bond acceptors (Lipinski definition) is 2. The average Bonchev–Trinajstić information content (AvgIpc) is 2.40. The van der Waals surface area contributed by atoms with E-state index >= 15 is 0 Å². The second-order valence-electron chi connectivity index (χ2n) is 5.02. The van der Waals surface area contributed by atoms with Crippen molar-refractivity contribution in [1.82, 2.24) is 0 Å². The van der Waals surface area contributed by atoms with Crippen molar-refractivity contribution in [2.45, 2.75) is 45.1 Å². The van der Waals surface area contributed by atoms with Gasteiger partial charge in [0.1, 0.15) is 0 Å². The maximum Gasteiger partial charge on any atom is 0.338 e. The number of carboxylic acid groups (broad SMARTS) is 1. The molecule has 4 heteroatoms. The first kappa shape index (κ1) is 14.4. The highest BCUT2D eigenvalue weighted by atomic mass is 79.9. The van der Waals surface area contributed by atoms with Crippen molar-refractivity contribution < 1.29 is 9.90 Å². The summed E-state index contributed by atoms with van der Waals surface area (Å²) >= 11 is 3.36. The zero-order chi connectivity index (χ0) is 13.8. The van der Waals surface area contributed by atoms with E-state index in [0.717, 1.165) is 12.2 Å². The molecule has 0 spiro atoms. The maximum atomic E-state index is 11.5. The van der Waals surface area contributed by atoms with Crippen LogP contribution in [0, 0.1) is 0 Å². The number of rotatable bonds is 4. The van der Waals surface area contributed by atoms with Gasteiger partial charge in [-0.25, -0.2) is 4.79 Å². The molecule has 1 aliphatic carbocycles. The summed E-state index contributed by atoms with van der Waals surface area (Å²) in [6, 6.07) is 6.11. The van der Waals surface area contributed by atoms with Crippen LogP contribution in [0.15, 0.2) is 22.7 Å². The van der Waals surface area contributed by atoms with Gasteiger partial charge in [0.25, 0.3) is 0 Å². The summed E-state index contributed by atoms with van der Waals surface area (Å²) in [5, 5.41) is 9.43.